The summed E-state index contributed by atoms with van der Waals surface area (Å²) in [5.41, 5.74) is 4.23. The van der Waals surface area contributed by atoms with Crippen molar-refractivity contribution in [2.45, 2.75) is 0 Å². The van der Waals surface area contributed by atoms with Crippen molar-refractivity contribution in [1.29, 1.82) is 0 Å². The maximum absolute atomic E-state index is 9.61. The minimum atomic E-state index is -4.70. The van der Waals surface area contributed by atoms with Crippen LogP contribution in [0.3, 0.4) is 0 Å². The average molecular weight is 165 g/mol. The summed E-state index contributed by atoms with van der Waals surface area (Å²) < 4.78 is 12.9. The molecule has 0 rings (SSSR count). The first-order valence-electron chi connectivity index (χ1n) is 1.46. The molecule has 6 nitrogen and oxygen atoms in total. The second-order valence-electron chi connectivity index (χ2n) is 0.901. The number of primary amides is 1. The van der Waals surface area contributed by atoms with E-state index in [1.165, 1.54) is 0 Å². The van der Waals surface area contributed by atoms with Gasteiger partial charge in [-0.25, -0.2) is 9.36 Å². The van der Waals surface area contributed by atoms with Crippen molar-refractivity contribution >= 4 is 70.5 Å². The third-order valence-corrected chi connectivity index (χ3v) is 0.627. The number of phosphoric ester groups is 1. The average Bonchev–Trinajstić information content (AvgIpc) is 1.21. The van der Waals surface area contributed by atoms with Gasteiger partial charge in [-0.2, -0.15) is 0 Å². The first kappa shape index (κ1) is 22.8. The van der Waals surface area contributed by atoms with Gasteiger partial charge in [-0.1, -0.05) is 0 Å². The molecule has 0 radical (unpaired) electrons. The molecule has 0 heterocycles. The molecular weight excluding hydrogens is 158 g/mol. The van der Waals surface area contributed by atoms with Crippen molar-refractivity contribution in [1.82, 2.24) is 0 Å². The molecule has 0 aromatic heterocycles. The fourth-order valence-electron chi connectivity index (χ4n) is 0.117. The van der Waals surface area contributed by atoms with Gasteiger partial charge in [0.1, 0.15) is 0 Å². The molecular formula is CH7Li3NO5P. The summed E-state index contributed by atoms with van der Waals surface area (Å²) >= 11 is 0. The fraction of sp³-hybridized carbons (Fsp3) is 0. The summed E-state index contributed by atoms with van der Waals surface area (Å²) in [5.74, 6) is 0. The van der Waals surface area contributed by atoms with E-state index in [0.29, 0.717) is 0 Å². The number of amides is 1. The van der Waals surface area contributed by atoms with E-state index < -0.39 is 13.9 Å². The molecule has 54 valence electrons. The SMILES string of the molecule is NC(=O)OP(=O)(O)O.[LiH].[LiH].[LiH]. The van der Waals surface area contributed by atoms with Crippen LogP contribution in [0.4, 0.5) is 4.79 Å². The van der Waals surface area contributed by atoms with Crippen LogP contribution in [-0.2, 0) is 9.09 Å². The molecule has 0 fully saturated rings. The van der Waals surface area contributed by atoms with E-state index in [1.54, 1.807) is 0 Å². The summed E-state index contributed by atoms with van der Waals surface area (Å²) in [6.07, 6.45) is -1.49. The summed E-state index contributed by atoms with van der Waals surface area (Å²) in [6.45, 7) is 0. The normalized spacial score (nSPS) is 7.82. The molecule has 0 saturated carbocycles. The molecule has 4 N–H and O–H groups in total. The van der Waals surface area contributed by atoms with Crippen LogP contribution in [0.15, 0.2) is 0 Å². The Balaban J connectivity index is -0.0000000817. The van der Waals surface area contributed by atoms with Crippen molar-refractivity contribution in [3.63, 3.8) is 0 Å². The molecule has 0 atom stereocenters. The zero-order valence-corrected chi connectivity index (χ0v) is 4.54. The van der Waals surface area contributed by atoms with Crippen LogP contribution in [0.25, 0.3) is 0 Å². The van der Waals surface area contributed by atoms with Crippen molar-refractivity contribution < 1.29 is 23.7 Å². The third-order valence-electron chi connectivity index (χ3n) is 0.209. The van der Waals surface area contributed by atoms with Crippen molar-refractivity contribution in [2.75, 3.05) is 0 Å². The molecule has 0 aromatic carbocycles. The molecule has 1 amide bonds. The Hall–Kier alpha value is 1.21. The number of hydrogen-bond acceptors (Lipinski definition) is 3. The summed E-state index contributed by atoms with van der Waals surface area (Å²) in [6, 6.07) is 0. The molecule has 0 aromatic rings. The number of carbonyl (C=O) groups is 1. The molecule has 0 unspecified atom stereocenters. The van der Waals surface area contributed by atoms with Gasteiger partial charge in [0.05, 0.1) is 0 Å². The van der Waals surface area contributed by atoms with Crippen molar-refractivity contribution in [2.24, 2.45) is 5.73 Å². The molecule has 11 heavy (non-hydrogen) atoms. The van der Waals surface area contributed by atoms with Gasteiger partial charge in [-0.3, -0.25) is 9.79 Å². The Kier molecular flexibility index (Phi) is 19.2. The predicted molar refractivity (Wildman–Crippen MR) is 44.2 cm³/mol. The Morgan fingerprint density at radius 2 is 1.55 bits per heavy atom. The number of nitrogens with two attached hydrogens (primary N) is 1. The fourth-order valence-corrected chi connectivity index (χ4v) is 0.352. The van der Waals surface area contributed by atoms with Gasteiger partial charge in [0.2, 0.25) is 0 Å². The van der Waals surface area contributed by atoms with E-state index >= 15 is 0 Å². The molecule has 0 aliphatic carbocycles. The van der Waals surface area contributed by atoms with Gasteiger partial charge in [0.25, 0.3) is 0 Å². The van der Waals surface area contributed by atoms with Crippen LogP contribution in [0, 0.1) is 0 Å². The van der Waals surface area contributed by atoms with E-state index in [9.17, 15) is 9.36 Å². The van der Waals surface area contributed by atoms with Crippen molar-refractivity contribution in [3.05, 3.63) is 0 Å². The Labute approximate surface area is 99.4 Å². The summed E-state index contributed by atoms with van der Waals surface area (Å²) in [5, 5.41) is 0. The van der Waals surface area contributed by atoms with E-state index in [0.717, 1.165) is 0 Å². The number of rotatable bonds is 1. The number of carbonyl (C=O) groups excluding carboxylic acids is 1. The first-order valence-corrected chi connectivity index (χ1v) is 2.99. The number of hydrogen-bond donors (Lipinski definition) is 3. The monoisotopic (exact) mass is 165 g/mol. The summed E-state index contributed by atoms with van der Waals surface area (Å²) in [4.78, 5) is 25.1. The predicted octanol–water partition coefficient (Wildman–Crippen LogP) is -2.77. The Bertz CT molecular complexity index is 145. The van der Waals surface area contributed by atoms with Crippen LogP contribution in [0.5, 0.6) is 0 Å². The molecule has 10 heteroatoms. The van der Waals surface area contributed by atoms with E-state index in [4.69, 9.17) is 9.79 Å². The van der Waals surface area contributed by atoms with Gasteiger partial charge in [0.15, 0.2) is 0 Å². The topological polar surface area (TPSA) is 110 Å². The molecule has 0 aliphatic rings. The Morgan fingerprint density at radius 3 is 1.55 bits per heavy atom. The molecule has 0 aliphatic heterocycles. The van der Waals surface area contributed by atoms with Crippen LogP contribution in [0.1, 0.15) is 0 Å². The second-order valence-corrected chi connectivity index (χ2v) is 2.06. The quantitative estimate of drug-likeness (QED) is 0.287. The third kappa shape index (κ3) is 24.7. The van der Waals surface area contributed by atoms with Crippen LogP contribution < -0.4 is 5.73 Å². The summed E-state index contributed by atoms with van der Waals surface area (Å²) in [7, 11) is -4.70. The zero-order chi connectivity index (χ0) is 6.78. The minimum absolute atomic E-state index is 0. The van der Waals surface area contributed by atoms with Gasteiger partial charge >= 0.3 is 70.5 Å². The van der Waals surface area contributed by atoms with Crippen LogP contribution in [-0.4, -0.2) is 72.5 Å². The molecule has 0 bridgehead atoms. The van der Waals surface area contributed by atoms with E-state index in [1.807, 2.05) is 0 Å². The van der Waals surface area contributed by atoms with Crippen LogP contribution in [0.2, 0.25) is 0 Å². The standard InChI is InChI=1S/CH4NO5P.3Li.3H/c2-1(3)7-8(4,5)6;;;;;;/h(H2,2,3)(H2,4,5,6);;;;;;. The van der Waals surface area contributed by atoms with Gasteiger partial charge in [-0.15, -0.1) is 0 Å². The van der Waals surface area contributed by atoms with Crippen molar-refractivity contribution in [3.8, 4) is 0 Å². The molecule has 0 saturated heterocycles. The zero-order valence-electron chi connectivity index (χ0n) is 3.64. The first-order chi connectivity index (χ1) is 3.42. The van der Waals surface area contributed by atoms with E-state index in [2.05, 4.69) is 10.3 Å². The number of phosphoric acid groups is 1. The second kappa shape index (κ2) is 9.30. The molecule has 0 spiro atoms. The van der Waals surface area contributed by atoms with Gasteiger partial charge < -0.3 is 10.3 Å². The van der Waals surface area contributed by atoms with E-state index in [-0.39, 0.29) is 56.6 Å². The van der Waals surface area contributed by atoms with Crippen LogP contribution >= 0.6 is 7.82 Å². The van der Waals surface area contributed by atoms with Gasteiger partial charge in [-0.05, 0) is 0 Å². The maximum atomic E-state index is 9.61. The van der Waals surface area contributed by atoms with Gasteiger partial charge in [0, 0.05) is 0 Å². The Morgan fingerprint density at radius 1 is 1.27 bits per heavy atom.